The number of nitrogens with zero attached hydrogens (tertiary/aromatic N) is 2. The van der Waals surface area contributed by atoms with Crippen LogP contribution in [0.5, 0.6) is 0 Å². The third-order valence-corrected chi connectivity index (χ3v) is 4.45. The smallest absolute Gasteiger partial charge is 0.0827 e. The van der Waals surface area contributed by atoms with E-state index in [4.69, 9.17) is 5.73 Å². The molecule has 18 heavy (non-hydrogen) atoms. The van der Waals surface area contributed by atoms with Crippen LogP contribution < -0.4 is 5.73 Å². The topological polar surface area (TPSA) is 60.9 Å². The SMILES string of the molecule is CCC(N)CS(=O)Cc1nn(C)c2ccccc12. The van der Waals surface area contributed by atoms with E-state index in [1.54, 1.807) is 0 Å². The Morgan fingerprint density at radius 1 is 1.44 bits per heavy atom. The van der Waals surface area contributed by atoms with Gasteiger partial charge in [0, 0.05) is 35.0 Å². The van der Waals surface area contributed by atoms with Gasteiger partial charge in [-0.25, -0.2) is 0 Å². The van der Waals surface area contributed by atoms with E-state index < -0.39 is 10.8 Å². The molecule has 0 aliphatic rings. The van der Waals surface area contributed by atoms with E-state index in [2.05, 4.69) is 5.10 Å². The molecule has 2 atom stereocenters. The number of benzene rings is 1. The number of hydrogen-bond acceptors (Lipinski definition) is 3. The zero-order chi connectivity index (χ0) is 13.1. The first-order valence-electron chi connectivity index (χ1n) is 6.13. The lowest BCUT2D eigenvalue weighted by molar-refractivity contribution is 0.662. The Balaban J connectivity index is 2.19. The lowest BCUT2D eigenvalue weighted by atomic mass is 10.2. The molecule has 98 valence electrons. The normalized spacial score (nSPS) is 14.8. The van der Waals surface area contributed by atoms with Gasteiger partial charge in [-0.1, -0.05) is 25.1 Å². The predicted molar refractivity (Wildman–Crippen MR) is 75.7 cm³/mol. The van der Waals surface area contributed by atoms with Crippen molar-refractivity contribution >= 4 is 21.7 Å². The molecule has 0 spiro atoms. The van der Waals surface area contributed by atoms with Crippen LogP contribution in [0.25, 0.3) is 10.9 Å². The fourth-order valence-electron chi connectivity index (χ4n) is 1.96. The third kappa shape index (κ3) is 2.79. The predicted octanol–water partition coefficient (Wildman–Crippen LogP) is 1.56. The summed E-state index contributed by atoms with van der Waals surface area (Å²) in [6.07, 6.45) is 0.856. The van der Waals surface area contributed by atoms with Crippen LogP contribution in [0.1, 0.15) is 19.0 Å². The van der Waals surface area contributed by atoms with Crippen LogP contribution in [0.2, 0.25) is 0 Å². The van der Waals surface area contributed by atoms with Gasteiger partial charge in [-0.15, -0.1) is 0 Å². The second kappa shape index (κ2) is 5.63. The molecular formula is C13H19N3OS. The lowest BCUT2D eigenvalue weighted by Crippen LogP contribution is -2.26. The molecule has 2 unspecified atom stereocenters. The molecule has 0 fully saturated rings. The molecule has 0 bridgehead atoms. The summed E-state index contributed by atoms with van der Waals surface area (Å²) in [7, 11) is 0.965. The summed E-state index contributed by atoms with van der Waals surface area (Å²) < 4.78 is 13.9. The van der Waals surface area contributed by atoms with E-state index in [-0.39, 0.29) is 6.04 Å². The highest BCUT2D eigenvalue weighted by Gasteiger charge is 2.12. The molecule has 0 aliphatic heterocycles. The zero-order valence-corrected chi connectivity index (χ0v) is 11.6. The van der Waals surface area contributed by atoms with Crippen molar-refractivity contribution in [1.82, 2.24) is 9.78 Å². The van der Waals surface area contributed by atoms with Crippen molar-refractivity contribution in [1.29, 1.82) is 0 Å². The second-order valence-electron chi connectivity index (χ2n) is 4.51. The molecular weight excluding hydrogens is 246 g/mol. The van der Waals surface area contributed by atoms with Gasteiger partial charge in [-0.3, -0.25) is 8.89 Å². The van der Waals surface area contributed by atoms with Crippen molar-refractivity contribution in [2.75, 3.05) is 5.75 Å². The fraction of sp³-hybridized carbons (Fsp3) is 0.462. The van der Waals surface area contributed by atoms with Gasteiger partial charge in [-0.05, 0) is 12.5 Å². The van der Waals surface area contributed by atoms with E-state index in [0.29, 0.717) is 11.5 Å². The molecule has 1 heterocycles. The van der Waals surface area contributed by atoms with Crippen molar-refractivity contribution in [3.05, 3.63) is 30.0 Å². The molecule has 0 aliphatic carbocycles. The minimum atomic E-state index is -0.944. The van der Waals surface area contributed by atoms with E-state index >= 15 is 0 Å². The number of aromatic nitrogens is 2. The summed E-state index contributed by atoms with van der Waals surface area (Å²) in [6.45, 7) is 2.01. The number of hydrogen-bond donors (Lipinski definition) is 1. The first kappa shape index (κ1) is 13.2. The van der Waals surface area contributed by atoms with Crippen molar-refractivity contribution in [2.24, 2.45) is 12.8 Å². The Hall–Kier alpha value is -1.20. The quantitative estimate of drug-likeness (QED) is 0.892. The average Bonchev–Trinajstić information content (AvgIpc) is 2.67. The van der Waals surface area contributed by atoms with Crippen LogP contribution >= 0.6 is 0 Å². The van der Waals surface area contributed by atoms with Gasteiger partial charge in [0.15, 0.2) is 0 Å². The van der Waals surface area contributed by atoms with Gasteiger partial charge in [0.2, 0.25) is 0 Å². The van der Waals surface area contributed by atoms with Crippen LogP contribution in [-0.4, -0.2) is 25.8 Å². The lowest BCUT2D eigenvalue weighted by Gasteiger charge is -2.07. The first-order valence-corrected chi connectivity index (χ1v) is 7.61. The van der Waals surface area contributed by atoms with Crippen LogP contribution in [0.3, 0.4) is 0 Å². The molecule has 0 saturated carbocycles. The molecule has 2 aromatic rings. The van der Waals surface area contributed by atoms with E-state index in [1.807, 2.05) is 42.9 Å². The number of nitrogens with two attached hydrogens (primary N) is 1. The Morgan fingerprint density at radius 2 is 2.17 bits per heavy atom. The Kier molecular flexibility index (Phi) is 4.14. The minimum Gasteiger partial charge on any atom is -0.327 e. The summed E-state index contributed by atoms with van der Waals surface area (Å²) in [4.78, 5) is 0. The molecule has 2 rings (SSSR count). The molecule has 5 heteroatoms. The summed E-state index contributed by atoms with van der Waals surface area (Å²) in [6, 6.07) is 8.02. The number of fused-ring (bicyclic) bond motifs is 1. The second-order valence-corrected chi connectivity index (χ2v) is 6.01. The van der Waals surface area contributed by atoms with Crippen LogP contribution in [-0.2, 0) is 23.6 Å². The highest BCUT2D eigenvalue weighted by molar-refractivity contribution is 7.84. The molecule has 1 aromatic heterocycles. The molecule has 0 saturated heterocycles. The zero-order valence-electron chi connectivity index (χ0n) is 10.8. The van der Waals surface area contributed by atoms with Gasteiger partial charge < -0.3 is 5.73 Å². The van der Waals surface area contributed by atoms with Gasteiger partial charge in [-0.2, -0.15) is 5.10 Å². The summed E-state index contributed by atoms with van der Waals surface area (Å²) >= 11 is 0. The van der Waals surface area contributed by atoms with Crippen LogP contribution in [0.4, 0.5) is 0 Å². The van der Waals surface area contributed by atoms with Crippen molar-refractivity contribution in [2.45, 2.75) is 25.1 Å². The highest BCUT2D eigenvalue weighted by Crippen LogP contribution is 2.18. The molecule has 1 aromatic carbocycles. The van der Waals surface area contributed by atoms with Gasteiger partial charge in [0.25, 0.3) is 0 Å². The summed E-state index contributed by atoms with van der Waals surface area (Å²) in [5.41, 5.74) is 7.80. The van der Waals surface area contributed by atoms with Crippen LogP contribution in [0, 0.1) is 0 Å². The summed E-state index contributed by atoms with van der Waals surface area (Å²) in [5, 5.41) is 5.53. The maximum absolute atomic E-state index is 12.0. The van der Waals surface area contributed by atoms with Gasteiger partial charge in [0.1, 0.15) is 0 Å². The molecule has 2 N–H and O–H groups in total. The first-order chi connectivity index (χ1) is 8.61. The Labute approximate surface area is 110 Å². The maximum Gasteiger partial charge on any atom is 0.0827 e. The molecule has 0 amide bonds. The minimum absolute atomic E-state index is 0.0146. The van der Waals surface area contributed by atoms with Gasteiger partial charge >= 0.3 is 0 Å². The van der Waals surface area contributed by atoms with Crippen molar-refractivity contribution in [3.8, 4) is 0 Å². The van der Waals surface area contributed by atoms with Crippen molar-refractivity contribution in [3.63, 3.8) is 0 Å². The fourth-order valence-corrected chi connectivity index (χ4v) is 3.31. The maximum atomic E-state index is 12.0. The van der Waals surface area contributed by atoms with E-state index in [1.165, 1.54) is 0 Å². The number of aryl methyl sites for hydroxylation is 1. The van der Waals surface area contributed by atoms with Gasteiger partial charge in [0.05, 0.1) is 17.0 Å². The standard InChI is InChI=1S/C13H19N3OS/c1-3-10(14)8-18(17)9-12-11-6-4-5-7-13(11)16(2)15-12/h4-7,10H,3,8-9,14H2,1-2H3. The third-order valence-electron chi connectivity index (χ3n) is 3.06. The Morgan fingerprint density at radius 3 is 2.89 bits per heavy atom. The average molecular weight is 265 g/mol. The van der Waals surface area contributed by atoms with Crippen molar-refractivity contribution < 1.29 is 4.21 Å². The van der Waals surface area contributed by atoms with E-state index in [9.17, 15) is 4.21 Å². The molecule has 0 radical (unpaired) electrons. The number of rotatable bonds is 5. The highest BCUT2D eigenvalue weighted by atomic mass is 32.2. The number of para-hydroxylation sites is 1. The Bertz CT molecular complexity index is 564. The largest absolute Gasteiger partial charge is 0.327 e. The monoisotopic (exact) mass is 265 g/mol. The molecule has 4 nitrogen and oxygen atoms in total. The van der Waals surface area contributed by atoms with Crippen LogP contribution in [0.15, 0.2) is 24.3 Å². The van der Waals surface area contributed by atoms with E-state index in [0.717, 1.165) is 23.0 Å². The summed E-state index contributed by atoms with van der Waals surface area (Å²) in [5.74, 6) is 1.02.